The number of carbonyl (C=O) groups is 3. The number of amides is 4. The Bertz CT molecular complexity index is 929. The molecule has 10 nitrogen and oxygen atoms in total. The van der Waals surface area contributed by atoms with Crippen LogP contribution in [0, 0.1) is 33.8 Å². The number of imide groups is 1. The second-order valence-corrected chi connectivity index (χ2v) is 7.80. The van der Waals surface area contributed by atoms with Crippen LogP contribution in [0.3, 0.4) is 0 Å². The minimum atomic E-state index is -0.861. The molecule has 2 N–H and O–H groups in total. The third-order valence-electron chi connectivity index (χ3n) is 6.16. The number of nitro benzene ring substituents is 1. The molecule has 5 rings (SSSR count). The monoisotopic (exact) mass is 414 g/mol. The number of likely N-dealkylation sites (tertiary alicyclic amines) is 1. The van der Waals surface area contributed by atoms with E-state index in [1.54, 1.807) is 6.92 Å². The molecule has 5 atom stereocenters. The van der Waals surface area contributed by atoms with Crippen molar-refractivity contribution in [2.24, 2.45) is 23.7 Å². The summed E-state index contributed by atoms with van der Waals surface area (Å²) in [5, 5.41) is 16.1. The number of benzene rings is 1. The van der Waals surface area contributed by atoms with Gasteiger partial charge in [-0.25, -0.2) is 4.79 Å². The highest BCUT2D eigenvalue weighted by Crippen LogP contribution is 2.49. The topological polar surface area (TPSA) is 131 Å². The zero-order valence-electron chi connectivity index (χ0n) is 16.5. The lowest BCUT2D eigenvalue weighted by molar-refractivity contribution is -0.384. The summed E-state index contributed by atoms with van der Waals surface area (Å²) in [5.74, 6) is -0.857. The molecule has 10 heteroatoms. The summed E-state index contributed by atoms with van der Waals surface area (Å²) >= 11 is 0. The molecule has 2 fully saturated rings. The zero-order chi connectivity index (χ0) is 21.6. The molecule has 158 valence electrons. The zero-order valence-corrected chi connectivity index (χ0v) is 16.5. The van der Waals surface area contributed by atoms with E-state index in [0.717, 1.165) is 17.7 Å². The van der Waals surface area contributed by atoms with E-state index in [2.05, 4.69) is 10.6 Å². The number of urea groups is 1. The molecular formula is C20H22N4O6. The molecule has 1 aromatic carbocycles. The number of nitro groups is 1. The normalized spacial score (nSPS) is 27.6. The van der Waals surface area contributed by atoms with Gasteiger partial charge in [0.2, 0.25) is 11.8 Å². The minimum absolute atomic E-state index is 0.0663. The van der Waals surface area contributed by atoms with Crippen LogP contribution in [-0.2, 0) is 9.59 Å². The summed E-state index contributed by atoms with van der Waals surface area (Å²) in [6.07, 6.45) is 4.99. The van der Waals surface area contributed by atoms with Crippen molar-refractivity contribution in [1.82, 2.24) is 10.2 Å². The van der Waals surface area contributed by atoms with Crippen molar-refractivity contribution in [3.05, 3.63) is 40.5 Å². The Morgan fingerprint density at radius 3 is 2.30 bits per heavy atom. The molecule has 3 aliphatic carbocycles. The van der Waals surface area contributed by atoms with Crippen LogP contribution in [0.5, 0.6) is 5.75 Å². The highest BCUT2D eigenvalue weighted by atomic mass is 16.6. The molecule has 1 heterocycles. The van der Waals surface area contributed by atoms with Crippen molar-refractivity contribution < 1.29 is 24.0 Å². The van der Waals surface area contributed by atoms with Crippen LogP contribution >= 0.6 is 0 Å². The van der Waals surface area contributed by atoms with Gasteiger partial charge in [0.05, 0.1) is 29.6 Å². The van der Waals surface area contributed by atoms with Crippen LogP contribution < -0.4 is 15.4 Å². The van der Waals surface area contributed by atoms with E-state index in [9.17, 15) is 24.5 Å². The summed E-state index contributed by atoms with van der Waals surface area (Å²) in [6, 6.07) is 3.10. The number of rotatable bonds is 5. The second-order valence-electron chi connectivity index (χ2n) is 7.80. The van der Waals surface area contributed by atoms with Crippen LogP contribution in [-0.4, -0.2) is 40.9 Å². The maximum Gasteiger partial charge on any atom is 0.320 e. The van der Waals surface area contributed by atoms with Gasteiger partial charge in [0, 0.05) is 12.1 Å². The van der Waals surface area contributed by atoms with Crippen molar-refractivity contribution in [1.29, 1.82) is 0 Å². The number of nitrogens with zero attached hydrogens (tertiary/aromatic N) is 2. The molecule has 1 saturated carbocycles. The average molecular weight is 414 g/mol. The van der Waals surface area contributed by atoms with Gasteiger partial charge in [0.25, 0.3) is 5.69 Å². The SMILES string of the molecule is COc1ccc([N+](=O)[O-])cc1NC(=O)NC(C)N1C(=O)C2C3C=CC(CC3)C2C1=O. The lowest BCUT2D eigenvalue weighted by atomic mass is 9.63. The Hall–Kier alpha value is -3.43. The van der Waals surface area contributed by atoms with Crippen LogP contribution in [0.15, 0.2) is 30.4 Å². The van der Waals surface area contributed by atoms with E-state index in [1.807, 2.05) is 12.2 Å². The summed E-state index contributed by atoms with van der Waals surface area (Å²) in [7, 11) is 1.37. The number of methoxy groups -OCH3 is 1. The second kappa shape index (κ2) is 7.43. The van der Waals surface area contributed by atoms with Crippen molar-refractivity contribution in [3.63, 3.8) is 0 Å². The van der Waals surface area contributed by atoms with E-state index in [4.69, 9.17) is 4.74 Å². The van der Waals surface area contributed by atoms with Crippen LogP contribution in [0.2, 0.25) is 0 Å². The molecule has 5 unspecified atom stereocenters. The van der Waals surface area contributed by atoms with Gasteiger partial charge in [-0.05, 0) is 37.7 Å². The number of carbonyl (C=O) groups excluding carboxylic acids is 3. The predicted octanol–water partition coefficient (Wildman–Crippen LogP) is 2.27. The van der Waals surface area contributed by atoms with Gasteiger partial charge < -0.3 is 15.4 Å². The molecular weight excluding hydrogens is 392 g/mol. The van der Waals surface area contributed by atoms with Gasteiger partial charge in [0.1, 0.15) is 11.9 Å². The fraction of sp³-hybridized carbons (Fsp3) is 0.450. The number of non-ortho nitro benzene ring substituents is 1. The lowest BCUT2D eigenvalue weighted by Crippen LogP contribution is -2.50. The predicted molar refractivity (Wildman–Crippen MR) is 105 cm³/mol. The van der Waals surface area contributed by atoms with Gasteiger partial charge in [0.15, 0.2) is 0 Å². The number of anilines is 1. The lowest BCUT2D eigenvalue weighted by Gasteiger charge is -2.38. The fourth-order valence-electron chi connectivity index (χ4n) is 4.80. The van der Waals surface area contributed by atoms with Crippen LogP contribution in [0.1, 0.15) is 19.8 Å². The van der Waals surface area contributed by atoms with E-state index in [1.165, 1.54) is 25.3 Å². The van der Waals surface area contributed by atoms with Crippen molar-refractivity contribution >= 4 is 29.2 Å². The van der Waals surface area contributed by atoms with E-state index in [-0.39, 0.29) is 52.6 Å². The molecule has 4 amide bonds. The third kappa shape index (κ3) is 3.17. The summed E-state index contributed by atoms with van der Waals surface area (Å²) in [4.78, 5) is 49.9. The largest absolute Gasteiger partial charge is 0.495 e. The molecule has 1 aromatic rings. The fourth-order valence-corrected chi connectivity index (χ4v) is 4.80. The number of ether oxygens (including phenoxy) is 1. The van der Waals surface area contributed by atoms with Crippen molar-refractivity contribution in [3.8, 4) is 5.75 Å². The van der Waals surface area contributed by atoms with E-state index in [0.29, 0.717) is 0 Å². The Kier molecular flexibility index (Phi) is 4.92. The van der Waals surface area contributed by atoms with Crippen LogP contribution in [0.25, 0.3) is 0 Å². The average Bonchev–Trinajstić information content (AvgIpc) is 3.01. The maximum absolute atomic E-state index is 12.9. The van der Waals surface area contributed by atoms with Crippen molar-refractivity contribution in [2.75, 3.05) is 12.4 Å². The Morgan fingerprint density at radius 2 is 1.80 bits per heavy atom. The van der Waals surface area contributed by atoms with Gasteiger partial charge in [-0.1, -0.05) is 12.2 Å². The molecule has 30 heavy (non-hydrogen) atoms. The molecule has 0 aromatic heterocycles. The van der Waals surface area contributed by atoms with Crippen molar-refractivity contribution in [2.45, 2.75) is 25.9 Å². The highest BCUT2D eigenvalue weighted by Gasteiger charge is 2.57. The summed E-state index contributed by atoms with van der Waals surface area (Å²) in [6.45, 7) is 1.56. The molecule has 0 spiro atoms. The van der Waals surface area contributed by atoms with E-state index >= 15 is 0 Å². The summed E-state index contributed by atoms with van der Waals surface area (Å²) in [5.41, 5.74) is -0.109. The molecule has 1 aliphatic heterocycles. The standard InChI is InChI=1S/C20H22N4O6/c1-10(21-20(27)22-14-9-13(24(28)29)7-8-15(14)30-2)23-18(25)16-11-3-4-12(6-5-11)17(16)19(23)26/h3-4,7-12,16-17H,5-6H2,1-2H3,(H2,21,22,27). The first kappa shape index (κ1) is 19.9. The van der Waals surface area contributed by atoms with Gasteiger partial charge in [-0.3, -0.25) is 24.6 Å². The Balaban J connectivity index is 1.47. The molecule has 1 saturated heterocycles. The number of hydrogen-bond acceptors (Lipinski definition) is 6. The first-order valence-electron chi connectivity index (χ1n) is 9.77. The Labute approximate surface area is 172 Å². The van der Waals surface area contributed by atoms with Crippen LogP contribution in [0.4, 0.5) is 16.2 Å². The first-order chi connectivity index (χ1) is 14.3. The van der Waals surface area contributed by atoms with Gasteiger partial charge in [-0.15, -0.1) is 0 Å². The highest BCUT2D eigenvalue weighted by molar-refractivity contribution is 6.06. The number of allylic oxidation sites excluding steroid dienone is 2. The number of hydrogen-bond donors (Lipinski definition) is 2. The number of fused-ring (bicyclic) bond motifs is 1. The van der Waals surface area contributed by atoms with Gasteiger partial charge in [-0.2, -0.15) is 0 Å². The van der Waals surface area contributed by atoms with Gasteiger partial charge >= 0.3 is 6.03 Å². The molecule has 4 aliphatic rings. The van der Waals surface area contributed by atoms with E-state index < -0.39 is 17.1 Å². The molecule has 2 bridgehead atoms. The maximum atomic E-state index is 12.9. The Morgan fingerprint density at radius 1 is 1.20 bits per heavy atom. The molecule has 0 radical (unpaired) electrons. The third-order valence-corrected chi connectivity index (χ3v) is 6.16. The summed E-state index contributed by atoms with van der Waals surface area (Å²) < 4.78 is 5.12. The minimum Gasteiger partial charge on any atom is -0.495 e. The quantitative estimate of drug-likeness (QED) is 0.329. The first-order valence-corrected chi connectivity index (χ1v) is 9.77. The smallest absolute Gasteiger partial charge is 0.320 e. The number of nitrogens with one attached hydrogen (secondary N) is 2.